The lowest BCUT2D eigenvalue weighted by Gasteiger charge is -2.08. The molecular formula is C10H7Cl3N2S. The smallest absolute Gasteiger partial charge is 0.0794 e. The second kappa shape index (κ2) is 5.23. The number of hydrogen-bond donors (Lipinski definition) is 1. The highest BCUT2D eigenvalue weighted by Crippen LogP contribution is 2.32. The molecule has 0 unspecified atom stereocenters. The molecule has 0 saturated heterocycles. The van der Waals surface area contributed by atoms with E-state index in [-0.39, 0.29) is 0 Å². The number of benzene rings is 1. The van der Waals surface area contributed by atoms with Crippen molar-refractivity contribution >= 4 is 51.8 Å². The highest BCUT2D eigenvalue weighted by atomic mass is 35.5. The lowest BCUT2D eigenvalue weighted by molar-refractivity contribution is 1.17. The number of nitrogens with zero attached hydrogens (tertiary/aromatic N) is 1. The molecule has 0 bridgehead atoms. The van der Waals surface area contributed by atoms with Crippen molar-refractivity contribution in [2.75, 3.05) is 5.32 Å². The van der Waals surface area contributed by atoms with E-state index in [0.29, 0.717) is 21.6 Å². The quantitative estimate of drug-likeness (QED) is 0.829. The molecule has 1 N–H and O–H groups in total. The van der Waals surface area contributed by atoms with Crippen LogP contribution >= 0.6 is 46.1 Å². The highest BCUT2D eigenvalue weighted by molar-refractivity contribution is 7.09. The van der Waals surface area contributed by atoms with Gasteiger partial charge >= 0.3 is 0 Å². The summed E-state index contributed by atoms with van der Waals surface area (Å²) in [5.41, 5.74) is 2.55. The van der Waals surface area contributed by atoms with Crippen molar-refractivity contribution in [2.45, 2.75) is 6.54 Å². The van der Waals surface area contributed by atoms with Crippen LogP contribution in [0.25, 0.3) is 0 Å². The van der Waals surface area contributed by atoms with Gasteiger partial charge in [-0.25, -0.2) is 0 Å². The maximum absolute atomic E-state index is 6.02. The summed E-state index contributed by atoms with van der Waals surface area (Å²) in [5, 5.41) is 4.67. The number of anilines is 1. The van der Waals surface area contributed by atoms with Crippen molar-refractivity contribution in [3.8, 4) is 0 Å². The largest absolute Gasteiger partial charge is 0.379 e. The number of halogens is 3. The first kappa shape index (κ1) is 12.0. The molecule has 2 rings (SSSR count). The van der Waals surface area contributed by atoms with Crippen LogP contribution in [0.4, 0.5) is 5.69 Å². The Balaban J connectivity index is 2.12. The minimum absolute atomic E-state index is 0.454. The van der Waals surface area contributed by atoms with Gasteiger partial charge in [0.05, 0.1) is 32.8 Å². The molecular weight excluding hydrogens is 287 g/mol. The molecule has 0 radical (unpaired) electrons. The first-order chi connectivity index (χ1) is 7.66. The van der Waals surface area contributed by atoms with Gasteiger partial charge in [0.2, 0.25) is 0 Å². The average molecular weight is 294 g/mol. The lowest BCUT2D eigenvalue weighted by Crippen LogP contribution is -1.98. The van der Waals surface area contributed by atoms with Gasteiger partial charge < -0.3 is 5.32 Å². The van der Waals surface area contributed by atoms with E-state index in [1.807, 2.05) is 6.20 Å². The molecule has 0 fully saturated rings. The number of hydrogen-bond acceptors (Lipinski definition) is 3. The normalized spacial score (nSPS) is 10.4. The number of rotatable bonds is 3. The Morgan fingerprint density at radius 2 is 1.88 bits per heavy atom. The molecule has 0 aliphatic rings. The molecule has 0 spiro atoms. The predicted octanol–water partition coefficient (Wildman–Crippen LogP) is 4.72. The molecule has 84 valence electrons. The van der Waals surface area contributed by atoms with E-state index < -0.39 is 0 Å². The summed E-state index contributed by atoms with van der Waals surface area (Å²) in [6, 6.07) is 3.34. The number of aromatic nitrogens is 1. The van der Waals surface area contributed by atoms with Gasteiger partial charge in [-0.15, -0.1) is 11.3 Å². The molecule has 1 heterocycles. The van der Waals surface area contributed by atoms with Crippen molar-refractivity contribution < 1.29 is 0 Å². The minimum Gasteiger partial charge on any atom is -0.379 e. The minimum atomic E-state index is 0.454. The van der Waals surface area contributed by atoms with Gasteiger partial charge in [-0.1, -0.05) is 34.8 Å². The molecule has 16 heavy (non-hydrogen) atoms. The molecule has 0 aliphatic heterocycles. The topological polar surface area (TPSA) is 24.9 Å². The van der Waals surface area contributed by atoms with Gasteiger partial charge in [0.15, 0.2) is 0 Å². The zero-order chi connectivity index (χ0) is 11.5. The monoisotopic (exact) mass is 292 g/mol. The summed E-state index contributed by atoms with van der Waals surface area (Å²) in [6.45, 7) is 0.669. The first-order valence-electron chi connectivity index (χ1n) is 4.42. The van der Waals surface area contributed by atoms with Crippen LogP contribution in [0.3, 0.4) is 0 Å². The fraction of sp³-hybridized carbons (Fsp3) is 0.100. The molecule has 2 aromatic rings. The van der Waals surface area contributed by atoms with Crippen LogP contribution in [0, 0.1) is 0 Å². The Morgan fingerprint density at radius 1 is 1.12 bits per heavy atom. The number of nitrogens with one attached hydrogen (secondary N) is 1. The lowest BCUT2D eigenvalue weighted by atomic mass is 10.3. The average Bonchev–Trinajstić information content (AvgIpc) is 2.74. The Morgan fingerprint density at radius 3 is 2.56 bits per heavy atom. The van der Waals surface area contributed by atoms with Crippen molar-refractivity contribution in [3.63, 3.8) is 0 Å². The van der Waals surface area contributed by atoms with Gasteiger partial charge in [-0.3, -0.25) is 4.98 Å². The van der Waals surface area contributed by atoms with Crippen molar-refractivity contribution in [1.29, 1.82) is 0 Å². The number of thiazole rings is 1. The second-order valence-corrected chi connectivity index (χ2v) is 5.26. The maximum Gasteiger partial charge on any atom is 0.0794 e. The zero-order valence-corrected chi connectivity index (χ0v) is 11.1. The predicted molar refractivity (Wildman–Crippen MR) is 70.9 cm³/mol. The zero-order valence-electron chi connectivity index (χ0n) is 8.01. The summed E-state index contributed by atoms with van der Waals surface area (Å²) in [7, 11) is 0. The summed E-state index contributed by atoms with van der Waals surface area (Å²) < 4.78 is 0. The molecule has 0 amide bonds. The van der Waals surface area contributed by atoms with Gasteiger partial charge in [0.25, 0.3) is 0 Å². The maximum atomic E-state index is 6.02. The standard InChI is InChI=1S/C10H7Cl3N2S/c11-7-1-9(13)10(2-8(7)12)15-4-6-3-14-5-16-6/h1-3,5,15H,4H2. The Labute approximate surface area is 112 Å². The highest BCUT2D eigenvalue weighted by Gasteiger charge is 2.05. The van der Waals surface area contributed by atoms with Gasteiger partial charge in [0.1, 0.15) is 0 Å². The molecule has 0 saturated carbocycles. The van der Waals surface area contributed by atoms with E-state index >= 15 is 0 Å². The van der Waals surface area contributed by atoms with Gasteiger partial charge in [0, 0.05) is 11.1 Å². The fourth-order valence-corrected chi connectivity index (χ4v) is 2.32. The third kappa shape index (κ3) is 2.80. The van der Waals surface area contributed by atoms with Crippen LogP contribution in [0.1, 0.15) is 4.88 Å². The van der Waals surface area contributed by atoms with E-state index in [1.54, 1.807) is 29.0 Å². The van der Waals surface area contributed by atoms with E-state index in [2.05, 4.69) is 10.3 Å². The third-order valence-electron chi connectivity index (χ3n) is 1.95. The van der Waals surface area contributed by atoms with Crippen molar-refractivity contribution in [3.05, 3.63) is 43.8 Å². The first-order valence-corrected chi connectivity index (χ1v) is 6.44. The van der Waals surface area contributed by atoms with E-state index in [9.17, 15) is 0 Å². The molecule has 2 nitrogen and oxygen atoms in total. The van der Waals surface area contributed by atoms with E-state index in [1.165, 1.54) is 0 Å². The Bertz CT molecular complexity index is 485. The van der Waals surface area contributed by atoms with Crippen LogP contribution in [0.5, 0.6) is 0 Å². The summed E-state index contributed by atoms with van der Waals surface area (Å²) >= 11 is 19.3. The fourth-order valence-electron chi connectivity index (χ4n) is 1.17. The SMILES string of the molecule is Clc1cc(Cl)c(NCc2cncs2)cc1Cl. The van der Waals surface area contributed by atoms with Crippen LogP contribution in [0.2, 0.25) is 15.1 Å². The Kier molecular flexibility index (Phi) is 3.92. The van der Waals surface area contributed by atoms with Crippen molar-refractivity contribution in [2.24, 2.45) is 0 Å². The van der Waals surface area contributed by atoms with E-state index in [0.717, 1.165) is 10.6 Å². The Hall–Kier alpha value is -0.480. The van der Waals surface area contributed by atoms with Gasteiger partial charge in [-0.2, -0.15) is 0 Å². The second-order valence-electron chi connectivity index (χ2n) is 3.07. The van der Waals surface area contributed by atoms with Gasteiger partial charge in [-0.05, 0) is 12.1 Å². The molecule has 1 aromatic heterocycles. The molecule has 1 aromatic carbocycles. The van der Waals surface area contributed by atoms with Crippen LogP contribution in [0.15, 0.2) is 23.8 Å². The summed E-state index contributed by atoms with van der Waals surface area (Å²) in [6.07, 6.45) is 1.81. The van der Waals surface area contributed by atoms with Crippen LogP contribution in [-0.4, -0.2) is 4.98 Å². The molecule has 6 heteroatoms. The summed E-state index contributed by atoms with van der Waals surface area (Å²) in [4.78, 5) is 5.11. The molecule has 0 atom stereocenters. The van der Waals surface area contributed by atoms with Crippen molar-refractivity contribution in [1.82, 2.24) is 4.98 Å². The molecule has 0 aliphatic carbocycles. The third-order valence-corrected chi connectivity index (χ3v) is 3.76. The van der Waals surface area contributed by atoms with Crippen LogP contribution in [-0.2, 0) is 6.54 Å². The van der Waals surface area contributed by atoms with E-state index in [4.69, 9.17) is 34.8 Å². The van der Waals surface area contributed by atoms with Crippen LogP contribution < -0.4 is 5.32 Å². The summed E-state index contributed by atoms with van der Waals surface area (Å²) in [5.74, 6) is 0.